The van der Waals surface area contributed by atoms with Crippen molar-refractivity contribution in [3.05, 3.63) is 0 Å². The van der Waals surface area contributed by atoms with Gasteiger partial charge in [-0.25, -0.2) is 4.79 Å². The van der Waals surface area contributed by atoms with E-state index in [-0.39, 0.29) is 0 Å². The molecule has 0 radical (unpaired) electrons. The van der Waals surface area contributed by atoms with Crippen LogP contribution in [0.3, 0.4) is 0 Å². The number of rotatable bonds is 11. The average molecular weight is 507 g/mol. The molecule has 0 spiro atoms. The van der Waals surface area contributed by atoms with Gasteiger partial charge in [0.05, 0.1) is 7.11 Å². The topological polar surface area (TPSA) is 113 Å². The molecule has 180 valence electrons. The predicted molar refractivity (Wildman–Crippen MR) is 115 cm³/mol. The van der Waals surface area contributed by atoms with Crippen LogP contribution in [-0.2, 0) is 38.0 Å². The Labute approximate surface area is 197 Å². The number of esters is 2. The number of unbranched alkanes of at least 4 members (excludes halogenated alkanes) is 2. The maximum absolute atomic E-state index is 12.5. The highest BCUT2D eigenvalue weighted by Crippen LogP contribution is 2.34. The number of halogens is 3. The largest absolute Gasteiger partial charge is 0.467 e. The van der Waals surface area contributed by atoms with Crippen molar-refractivity contribution in [1.82, 2.24) is 0 Å². The molecular weight excluding hydrogens is 477 g/mol. The quantitative estimate of drug-likeness (QED) is 0.149. The summed E-state index contributed by atoms with van der Waals surface area (Å²) in [6, 6.07) is 0. The molecule has 0 aromatic carbocycles. The van der Waals surface area contributed by atoms with Gasteiger partial charge in [0.2, 0.25) is 12.2 Å². The smallest absolute Gasteiger partial charge is 0.338 e. The van der Waals surface area contributed by atoms with E-state index in [1.54, 1.807) is 0 Å². The van der Waals surface area contributed by atoms with Crippen LogP contribution in [0.15, 0.2) is 0 Å². The lowest BCUT2D eigenvalue weighted by Gasteiger charge is -2.44. The Bertz CT molecular complexity index is 601. The Balaban J connectivity index is 3.31. The van der Waals surface area contributed by atoms with Crippen molar-refractivity contribution in [3.8, 4) is 0 Å². The number of alkyl halides is 3. The number of ether oxygens (including phenoxy) is 6. The molecule has 1 fully saturated rings. The second-order valence-electron chi connectivity index (χ2n) is 6.84. The maximum atomic E-state index is 12.5. The van der Waals surface area contributed by atoms with Crippen molar-refractivity contribution < 1.29 is 38.0 Å². The molecule has 0 aliphatic carbocycles. The lowest BCUT2D eigenvalue weighted by molar-refractivity contribution is -0.294. The molecule has 0 saturated carbocycles. The van der Waals surface area contributed by atoms with E-state index in [2.05, 4.69) is 0 Å². The Morgan fingerprint density at radius 1 is 0.968 bits per heavy atom. The molecule has 0 bridgehead atoms. The standard InChI is InChI=1S/C19H30Cl3NO8/c1-5-7-9-27-12-13(28-10-8-6-2)15(29-11(3)24)17(30-14(12)16(25)26-4)31-18(23)19(20,21)22/h12-15,17,23H,5-10H2,1-4H3/t12-,13?,14?,15?,17-/m0/s1. The molecule has 0 aromatic rings. The number of nitrogens with one attached hydrogen (secondary N) is 1. The van der Waals surface area contributed by atoms with Crippen LogP contribution in [0.25, 0.3) is 0 Å². The molecule has 1 rings (SSSR count). The number of carbonyl (C=O) groups excluding carboxylic acids is 2. The second kappa shape index (κ2) is 13.6. The number of hydrogen-bond acceptors (Lipinski definition) is 9. The van der Waals surface area contributed by atoms with Gasteiger partial charge in [-0.15, -0.1) is 0 Å². The van der Waals surface area contributed by atoms with Gasteiger partial charge in [-0.3, -0.25) is 10.2 Å². The number of methoxy groups -OCH3 is 1. The van der Waals surface area contributed by atoms with E-state index in [9.17, 15) is 9.59 Å². The van der Waals surface area contributed by atoms with Crippen molar-refractivity contribution >= 4 is 52.6 Å². The minimum atomic E-state index is -2.20. The van der Waals surface area contributed by atoms with E-state index in [4.69, 9.17) is 68.6 Å². The van der Waals surface area contributed by atoms with Gasteiger partial charge in [-0.2, -0.15) is 0 Å². The van der Waals surface area contributed by atoms with Crippen LogP contribution < -0.4 is 0 Å². The molecule has 12 heteroatoms. The highest BCUT2D eigenvalue weighted by atomic mass is 35.6. The molecule has 1 aliphatic heterocycles. The van der Waals surface area contributed by atoms with Crippen LogP contribution in [0.1, 0.15) is 46.5 Å². The van der Waals surface area contributed by atoms with Gasteiger partial charge in [0, 0.05) is 20.1 Å². The van der Waals surface area contributed by atoms with E-state index in [1.165, 1.54) is 14.0 Å². The first-order valence-corrected chi connectivity index (χ1v) is 11.2. The number of hydrogen-bond donors (Lipinski definition) is 1. The molecule has 1 heterocycles. The van der Waals surface area contributed by atoms with Crippen molar-refractivity contribution in [1.29, 1.82) is 5.41 Å². The first kappa shape index (κ1) is 28.2. The van der Waals surface area contributed by atoms with E-state index in [0.29, 0.717) is 19.6 Å². The second-order valence-corrected chi connectivity index (χ2v) is 9.13. The SMILES string of the molecule is CCCCOC1C(OC(C)=O)[C@H](OC(=N)C(Cl)(Cl)Cl)OC(C(=O)OC)[C@H]1OCCCC. The van der Waals surface area contributed by atoms with Gasteiger partial charge in [0.25, 0.3) is 3.79 Å². The zero-order valence-electron chi connectivity index (χ0n) is 18.0. The van der Waals surface area contributed by atoms with Crippen LogP contribution in [0.2, 0.25) is 0 Å². The van der Waals surface area contributed by atoms with E-state index < -0.39 is 52.3 Å². The summed E-state index contributed by atoms with van der Waals surface area (Å²) in [5.41, 5.74) is 0. The van der Waals surface area contributed by atoms with Crippen LogP contribution in [0, 0.1) is 5.41 Å². The van der Waals surface area contributed by atoms with Crippen LogP contribution in [0.4, 0.5) is 0 Å². The molecule has 31 heavy (non-hydrogen) atoms. The molecule has 1 saturated heterocycles. The number of carbonyl (C=O) groups is 2. The predicted octanol–water partition coefficient (Wildman–Crippen LogP) is 3.55. The summed E-state index contributed by atoms with van der Waals surface area (Å²) in [4.78, 5) is 24.3. The monoisotopic (exact) mass is 505 g/mol. The third kappa shape index (κ3) is 8.90. The van der Waals surface area contributed by atoms with Gasteiger partial charge < -0.3 is 28.4 Å². The molecule has 0 amide bonds. The summed E-state index contributed by atoms with van der Waals surface area (Å²) in [6.45, 7) is 5.78. The van der Waals surface area contributed by atoms with Crippen molar-refractivity contribution in [3.63, 3.8) is 0 Å². The normalized spacial score (nSPS) is 26.2. The minimum Gasteiger partial charge on any atom is -0.467 e. The zero-order valence-corrected chi connectivity index (χ0v) is 20.3. The van der Waals surface area contributed by atoms with Crippen molar-refractivity contribution in [2.45, 2.75) is 81.0 Å². The summed E-state index contributed by atoms with van der Waals surface area (Å²) in [5, 5.41) is 7.86. The molecule has 3 unspecified atom stereocenters. The van der Waals surface area contributed by atoms with Gasteiger partial charge in [-0.05, 0) is 12.8 Å². The summed E-state index contributed by atoms with van der Waals surface area (Å²) < 4.78 is 31.0. The third-order valence-corrected chi connectivity index (χ3v) is 4.85. The maximum Gasteiger partial charge on any atom is 0.338 e. The Morgan fingerprint density at radius 3 is 1.97 bits per heavy atom. The molecule has 9 nitrogen and oxygen atoms in total. The summed E-state index contributed by atoms with van der Waals surface area (Å²) >= 11 is 17.1. The van der Waals surface area contributed by atoms with Crippen LogP contribution >= 0.6 is 34.8 Å². The van der Waals surface area contributed by atoms with Crippen LogP contribution in [0.5, 0.6) is 0 Å². The Kier molecular flexibility index (Phi) is 12.4. The lowest BCUT2D eigenvalue weighted by Crippen LogP contribution is -2.63. The fraction of sp³-hybridized carbons (Fsp3) is 0.842. The molecule has 5 atom stereocenters. The van der Waals surface area contributed by atoms with Gasteiger partial charge >= 0.3 is 11.9 Å². The first-order valence-electron chi connectivity index (χ1n) is 10.0. The summed E-state index contributed by atoms with van der Waals surface area (Å²) in [7, 11) is 1.19. The average Bonchev–Trinajstić information content (AvgIpc) is 2.69. The van der Waals surface area contributed by atoms with E-state index >= 15 is 0 Å². The van der Waals surface area contributed by atoms with Crippen molar-refractivity contribution in [2.75, 3.05) is 20.3 Å². The zero-order chi connectivity index (χ0) is 23.6. The van der Waals surface area contributed by atoms with E-state index in [1.807, 2.05) is 13.8 Å². The Hall–Kier alpha value is -0.840. The summed E-state index contributed by atoms with van der Waals surface area (Å²) in [5.74, 6) is -2.18. The molecule has 1 aliphatic rings. The first-order chi connectivity index (χ1) is 14.6. The summed E-state index contributed by atoms with van der Waals surface area (Å²) in [6.07, 6.45) is -2.73. The van der Waals surface area contributed by atoms with Gasteiger partial charge in [-0.1, -0.05) is 61.5 Å². The Morgan fingerprint density at radius 2 is 1.52 bits per heavy atom. The van der Waals surface area contributed by atoms with Crippen molar-refractivity contribution in [2.24, 2.45) is 0 Å². The highest BCUT2D eigenvalue weighted by molar-refractivity contribution is 6.76. The third-order valence-electron chi connectivity index (χ3n) is 4.34. The van der Waals surface area contributed by atoms with Crippen LogP contribution in [-0.4, -0.2) is 72.7 Å². The van der Waals surface area contributed by atoms with Gasteiger partial charge in [0.15, 0.2) is 12.2 Å². The minimum absolute atomic E-state index is 0.301. The van der Waals surface area contributed by atoms with Gasteiger partial charge in [0.1, 0.15) is 12.2 Å². The highest BCUT2D eigenvalue weighted by Gasteiger charge is 2.54. The fourth-order valence-electron chi connectivity index (χ4n) is 2.81. The molecule has 0 aromatic heterocycles. The van der Waals surface area contributed by atoms with E-state index in [0.717, 1.165) is 19.3 Å². The molecule has 1 N–H and O–H groups in total. The lowest BCUT2D eigenvalue weighted by atomic mass is 9.97. The fourth-order valence-corrected chi connectivity index (χ4v) is 2.94. The molecular formula is C19H30Cl3NO8.